The zero-order valence-electron chi connectivity index (χ0n) is 7.11. The molecule has 1 aliphatic rings. The third kappa shape index (κ3) is 1.03. The van der Waals surface area contributed by atoms with Crippen LogP contribution in [0.2, 0.25) is 0 Å². The first kappa shape index (κ1) is 9.70. The fourth-order valence-electron chi connectivity index (χ4n) is 1.79. The summed E-state index contributed by atoms with van der Waals surface area (Å²) in [5.74, 6) is -4.42. The lowest BCUT2D eigenvalue weighted by Crippen LogP contribution is -2.46. The molecule has 0 saturated heterocycles. The Morgan fingerprint density at radius 3 is 2.00 bits per heavy atom. The third-order valence-corrected chi connectivity index (χ3v) is 2.66. The van der Waals surface area contributed by atoms with E-state index in [1.165, 1.54) is 6.92 Å². The van der Waals surface area contributed by atoms with Gasteiger partial charge in [-0.3, -0.25) is 14.4 Å². The molecule has 0 bridgehead atoms. The van der Waals surface area contributed by atoms with Gasteiger partial charge in [-0.2, -0.15) is 0 Å². The van der Waals surface area contributed by atoms with E-state index in [-0.39, 0.29) is 6.42 Å². The van der Waals surface area contributed by atoms with E-state index in [4.69, 9.17) is 10.2 Å². The average molecular weight is 186 g/mol. The van der Waals surface area contributed by atoms with Gasteiger partial charge >= 0.3 is 11.9 Å². The van der Waals surface area contributed by atoms with Crippen LogP contribution >= 0.6 is 0 Å². The molecule has 5 nitrogen and oxygen atoms in total. The molecule has 0 unspecified atom stereocenters. The Kier molecular flexibility index (Phi) is 2.11. The van der Waals surface area contributed by atoms with E-state index in [1.807, 2.05) is 0 Å². The van der Waals surface area contributed by atoms with Gasteiger partial charge in [0.05, 0.1) is 0 Å². The van der Waals surface area contributed by atoms with E-state index >= 15 is 0 Å². The SMILES string of the molecule is C[C@@H]1CCC(=O)C1(C(=O)O)C(=O)O. The van der Waals surface area contributed by atoms with Crippen molar-refractivity contribution in [3.8, 4) is 0 Å². The highest BCUT2D eigenvalue weighted by Crippen LogP contribution is 2.40. The van der Waals surface area contributed by atoms with Gasteiger partial charge in [-0.05, 0) is 12.3 Å². The van der Waals surface area contributed by atoms with Gasteiger partial charge in [0, 0.05) is 6.42 Å². The molecular weight excluding hydrogens is 176 g/mol. The lowest BCUT2D eigenvalue weighted by molar-refractivity contribution is -0.169. The molecule has 0 amide bonds. The standard InChI is InChI=1S/C8H10O5/c1-4-2-3-5(9)8(4,6(10)11)7(12)13/h4H,2-3H2,1H3,(H,10,11)(H,12,13)/t4-/m1/s1. The van der Waals surface area contributed by atoms with Crippen LogP contribution in [0.5, 0.6) is 0 Å². The molecule has 72 valence electrons. The molecule has 0 aromatic heterocycles. The number of hydrogen-bond acceptors (Lipinski definition) is 3. The molecule has 1 fully saturated rings. The van der Waals surface area contributed by atoms with Crippen LogP contribution in [0.15, 0.2) is 0 Å². The van der Waals surface area contributed by atoms with Gasteiger partial charge < -0.3 is 10.2 Å². The van der Waals surface area contributed by atoms with Crippen LogP contribution in [0.3, 0.4) is 0 Å². The van der Waals surface area contributed by atoms with E-state index in [2.05, 4.69) is 0 Å². The van der Waals surface area contributed by atoms with Gasteiger partial charge in [-0.1, -0.05) is 6.92 Å². The second-order valence-corrected chi connectivity index (χ2v) is 3.28. The van der Waals surface area contributed by atoms with Crippen LogP contribution in [-0.2, 0) is 14.4 Å². The molecule has 1 saturated carbocycles. The normalized spacial score (nSPS) is 25.9. The van der Waals surface area contributed by atoms with Gasteiger partial charge in [0.15, 0.2) is 5.78 Å². The number of carboxylic acids is 2. The predicted octanol–water partition coefficient (Wildman–Crippen LogP) is 0.141. The first-order chi connectivity index (χ1) is 5.94. The summed E-state index contributed by atoms with van der Waals surface area (Å²) in [4.78, 5) is 32.8. The minimum Gasteiger partial charge on any atom is -0.480 e. The smallest absolute Gasteiger partial charge is 0.329 e. The Morgan fingerprint density at radius 2 is 1.85 bits per heavy atom. The van der Waals surface area contributed by atoms with Crippen molar-refractivity contribution in [1.29, 1.82) is 0 Å². The molecule has 13 heavy (non-hydrogen) atoms. The van der Waals surface area contributed by atoms with Crippen molar-refractivity contribution >= 4 is 17.7 Å². The molecule has 1 atom stereocenters. The minimum atomic E-state index is -2.19. The monoisotopic (exact) mass is 186 g/mol. The summed E-state index contributed by atoms with van der Waals surface area (Å²) < 4.78 is 0. The number of carbonyl (C=O) groups excluding carboxylic acids is 1. The van der Waals surface area contributed by atoms with Crippen molar-refractivity contribution in [1.82, 2.24) is 0 Å². The largest absolute Gasteiger partial charge is 0.480 e. The fourth-order valence-corrected chi connectivity index (χ4v) is 1.79. The Morgan fingerprint density at radius 1 is 1.38 bits per heavy atom. The second-order valence-electron chi connectivity index (χ2n) is 3.28. The zero-order chi connectivity index (χ0) is 10.2. The Balaban J connectivity index is 3.23. The third-order valence-electron chi connectivity index (χ3n) is 2.66. The van der Waals surface area contributed by atoms with Gasteiger partial charge in [0.25, 0.3) is 0 Å². The van der Waals surface area contributed by atoms with Gasteiger partial charge in [0.2, 0.25) is 5.41 Å². The van der Waals surface area contributed by atoms with Crippen molar-refractivity contribution in [3.63, 3.8) is 0 Å². The fraction of sp³-hybridized carbons (Fsp3) is 0.625. The summed E-state index contributed by atoms with van der Waals surface area (Å²) in [5, 5.41) is 17.5. The highest BCUT2D eigenvalue weighted by atomic mass is 16.4. The predicted molar refractivity (Wildman–Crippen MR) is 41.1 cm³/mol. The maximum absolute atomic E-state index is 11.2. The highest BCUT2D eigenvalue weighted by Gasteiger charge is 2.60. The van der Waals surface area contributed by atoms with Crippen LogP contribution in [0.4, 0.5) is 0 Å². The van der Waals surface area contributed by atoms with Crippen LogP contribution in [-0.4, -0.2) is 27.9 Å². The summed E-state index contributed by atoms with van der Waals surface area (Å²) in [5.41, 5.74) is -2.19. The van der Waals surface area contributed by atoms with Crippen molar-refractivity contribution < 1.29 is 24.6 Å². The molecule has 2 N–H and O–H groups in total. The Bertz CT molecular complexity index is 266. The van der Waals surface area contributed by atoms with Crippen molar-refractivity contribution in [2.24, 2.45) is 11.3 Å². The number of carboxylic acid groups (broad SMARTS) is 2. The summed E-state index contributed by atoms with van der Waals surface area (Å²) in [6, 6.07) is 0. The van der Waals surface area contributed by atoms with E-state index in [0.717, 1.165) is 0 Å². The maximum atomic E-state index is 11.2. The van der Waals surface area contributed by atoms with E-state index < -0.39 is 29.1 Å². The number of aliphatic carboxylic acids is 2. The van der Waals surface area contributed by atoms with Crippen LogP contribution < -0.4 is 0 Å². The Labute approximate surface area is 74.4 Å². The lowest BCUT2D eigenvalue weighted by Gasteiger charge is -2.21. The number of carbonyl (C=O) groups is 3. The molecule has 1 aliphatic carbocycles. The number of Topliss-reactive ketones (excluding diaryl/α,β-unsaturated/α-hetero) is 1. The number of ketones is 1. The van der Waals surface area contributed by atoms with Crippen molar-refractivity contribution in [3.05, 3.63) is 0 Å². The number of hydrogen-bond donors (Lipinski definition) is 2. The topological polar surface area (TPSA) is 91.7 Å². The molecule has 0 aromatic rings. The van der Waals surface area contributed by atoms with Crippen molar-refractivity contribution in [2.75, 3.05) is 0 Å². The first-order valence-corrected chi connectivity index (χ1v) is 3.94. The van der Waals surface area contributed by atoms with Gasteiger partial charge in [0.1, 0.15) is 0 Å². The Hall–Kier alpha value is -1.39. The molecular formula is C8H10O5. The first-order valence-electron chi connectivity index (χ1n) is 3.94. The lowest BCUT2D eigenvalue weighted by atomic mass is 9.78. The highest BCUT2D eigenvalue weighted by molar-refractivity contribution is 6.20. The van der Waals surface area contributed by atoms with E-state index in [1.54, 1.807) is 0 Å². The van der Waals surface area contributed by atoms with Crippen LogP contribution in [0, 0.1) is 11.3 Å². The average Bonchev–Trinajstić information content (AvgIpc) is 2.27. The quantitative estimate of drug-likeness (QED) is 0.598. The minimum absolute atomic E-state index is 0.0414. The second kappa shape index (κ2) is 2.83. The van der Waals surface area contributed by atoms with E-state index in [0.29, 0.717) is 6.42 Å². The molecule has 5 heteroatoms. The van der Waals surface area contributed by atoms with Gasteiger partial charge in [-0.15, -0.1) is 0 Å². The summed E-state index contributed by atoms with van der Waals surface area (Å²) in [6.07, 6.45) is 0.372. The zero-order valence-corrected chi connectivity index (χ0v) is 7.11. The van der Waals surface area contributed by atoms with Crippen molar-refractivity contribution in [2.45, 2.75) is 19.8 Å². The molecule has 1 rings (SSSR count). The maximum Gasteiger partial charge on any atom is 0.329 e. The molecule has 0 aromatic carbocycles. The molecule has 0 aliphatic heterocycles. The van der Waals surface area contributed by atoms with E-state index in [9.17, 15) is 14.4 Å². The molecule has 0 spiro atoms. The summed E-state index contributed by atoms with van der Waals surface area (Å²) >= 11 is 0. The molecule has 0 radical (unpaired) electrons. The summed E-state index contributed by atoms with van der Waals surface area (Å²) in [7, 11) is 0. The summed E-state index contributed by atoms with van der Waals surface area (Å²) in [6.45, 7) is 1.48. The van der Waals surface area contributed by atoms with Gasteiger partial charge in [-0.25, -0.2) is 0 Å². The number of rotatable bonds is 2. The van der Waals surface area contributed by atoms with Crippen LogP contribution in [0.25, 0.3) is 0 Å². The van der Waals surface area contributed by atoms with Crippen LogP contribution in [0.1, 0.15) is 19.8 Å². The molecule has 0 heterocycles.